The minimum absolute atomic E-state index is 1.20. The van der Waals surface area contributed by atoms with Gasteiger partial charge < -0.3 is 0 Å². The summed E-state index contributed by atoms with van der Waals surface area (Å²) in [6.45, 7) is 22.6. The van der Waals surface area contributed by atoms with E-state index in [1.807, 2.05) is 0 Å². The summed E-state index contributed by atoms with van der Waals surface area (Å²) >= 11 is 5.52. The minimum atomic E-state index is -1.53. The predicted octanol–water partition coefficient (Wildman–Crippen LogP) is 14.6. The Bertz CT molecular complexity index is 455. The molecule has 0 bridgehead atoms. The Hall–Kier alpha value is 2.28. The van der Waals surface area contributed by atoms with Crippen molar-refractivity contribution in [3.8, 4) is 0 Å². The van der Waals surface area contributed by atoms with Gasteiger partial charge in [0.05, 0.1) is 0 Å². The van der Waals surface area contributed by atoms with Crippen LogP contribution in [0.25, 0.3) is 0 Å². The van der Waals surface area contributed by atoms with Crippen LogP contribution < -0.4 is 0 Å². The van der Waals surface area contributed by atoms with E-state index in [0.717, 1.165) is 0 Å². The van der Waals surface area contributed by atoms with Crippen molar-refractivity contribution in [3.05, 3.63) is 0 Å². The van der Waals surface area contributed by atoms with Gasteiger partial charge in [0, 0.05) is 0 Å². The molecule has 0 N–H and O–H groups in total. The molecule has 0 aliphatic heterocycles. The monoisotopic (exact) mass is 747 g/mol. The third-order valence-corrected chi connectivity index (χ3v) is 91.9. The summed E-state index contributed by atoms with van der Waals surface area (Å²) in [6.07, 6.45) is 41.8. The van der Waals surface area contributed by atoms with Crippen molar-refractivity contribution < 1.29 is 9.51 Å². The van der Waals surface area contributed by atoms with Gasteiger partial charge in [-0.2, -0.15) is 0 Å². The average molecular weight is 749 g/mol. The van der Waals surface area contributed by atoms with Gasteiger partial charge in [-0.3, -0.25) is 0 Å². The van der Waals surface area contributed by atoms with Gasteiger partial charge in [0.2, 0.25) is 0 Å². The fourth-order valence-corrected chi connectivity index (χ4v) is 109. The van der Waals surface area contributed by atoms with Gasteiger partial charge >= 0.3 is 275 Å². The fourth-order valence-electron chi connectivity index (χ4n) is 7.65. The normalized spacial score (nSPS) is 16.4. The van der Waals surface area contributed by atoms with Crippen LogP contribution in [-0.2, 0) is 9.51 Å². The first-order valence-electron chi connectivity index (χ1n) is 19.2. The second kappa shape index (κ2) is 25.4. The molecule has 0 aromatic rings. The van der Waals surface area contributed by atoms with Gasteiger partial charge in [-0.05, 0) is 0 Å². The van der Waals surface area contributed by atoms with Crippen LogP contribution in [-0.4, -0.2) is 55.5 Å². The molecule has 259 valence electrons. The molecule has 0 amide bonds. The van der Waals surface area contributed by atoms with Crippen LogP contribution in [0.1, 0.15) is 178 Å². The maximum atomic E-state index is 5.52. The number of hydrogen-bond acceptors (Lipinski definition) is 0. The fraction of sp³-hybridized carbons (Fsp3) is 1.00. The van der Waals surface area contributed by atoms with E-state index in [1.54, 1.807) is 55.5 Å². The van der Waals surface area contributed by atoms with E-state index in [1.165, 1.54) is 116 Å². The average Bonchev–Trinajstić information content (AvgIpc) is 3.00. The van der Waals surface area contributed by atoms with Gasteiger partial charge in [0.25, 0.3) is 0 Å². The van der Waals surface area contributed by atoms with Crippen molar-refractivity contribution in [1.29, 1.82) is 0 Å². The van der Waals surface area contributed by atoms with Crippen molar-refractivity contribution in [2.24, 2.45) is 0 Å². The maximum absolute atomic E-state index is 5.52. The van der Waals surface area contributed by atoms with E-state index in [-0.39, 0.29) is 0 Å². The third kappa shape index (κ3) is 12.4. The number of halogens is 1. The van der Waals surface area contributed by atoms with Crippen LogP contribution >= 0.6 is 32.2 Å². The first-order valence-corrected chi connectivity index (χ1v) is 33.8. The molecule has 0 atom stereocenters. The summed E-state index contributed by atoms with van der Waals surface area (Å²) in [5.41, 5.74) is 0. The van der Waals surface area contributed by atoms with Crippen molar-refractivity contribution in [1.82, 2.24) is 0 Å². The van der Waals surface area contributed by atoms with Gasteiger partial charge in [-0.1, -0.05) is 0 Å². The van der Waals surface area contributed by atoms with Crippen molar-refractivity contribution in [2.45, 2.75) is 178 Å². The molecule has 5 heteroatoms. The molecule has 0 heterocycles. The number of hydrogen-bond donors (Lipinski definition) is 0. The molecule has 0 aromatic carbocycles. The van der Waals surface area contributed by atoms with E-state index in [2.05, 4.69) is 62.3 Å². The van der Waals surface area contributed by atoms with Gasteiger partial charge in [-0.25, -0.2) is 0 Å². The summed E-state index contributed by atoms with van der Waals surface area (Å²) < 4.78 is 0. The van der Waals surface area contributed by atoms with Gasteiger partial charge in [-0.15, -0.1) is 0 Å². The first-order chi connectivity index (χ1) is 19.8. The molecule has 0 aliphatic carbocycles. The zero-order valence-corrected chi connectivity index (χ0v) is 35.9. The molecule has 0 rings (SSSR count). The molecule has 41 heavy (non-hydrogen) atoms. The topological polar surface area (TPSA) is 0 Å². The molecule has 0 nitrogen and oxygen atoms in total. The molecular weight excluding hydrogens is 664 g/mol. The number of rotatable bonds is 30. The molecule has 0 aliphatic rings. The molecule has 0 unspecified atom stereocenters. The van der Waals surface area contributed by atoms with Crippen molar-refractivity contribution in [3.63, 3.8) is 0 Å². The molecular formula is C36H84BrCoP3. The Kier molecular flexibility index (Phi) is 26.8. The van der Waals surface area contributed by atoms with Crippen LogP contribution in [0.15, 0.2) is 0 Å². The van der Waals surface area contributed by atoms with Crippen LogP contribution in [0, 0.1) is 0 Å². The first kappa shape index (κ1) is 43.3. The summed E-state index contributed by atoms with van der Waals surface area (Å²) in [5.74, 6) is -4.60. The number of unbranched alkanes of at least 4 members (excludes halogenated alkanes) is 9. The summed E-state index contributed by atoms with van der Waals surface area (Å²) in [7, 11) is -1.20. The van der Waals surface area contributed by atoms with Gasteiger partial charge in [0.1, 0.15) is 0 Å². The van der Waals surface area contributed by atoms with Crippen LogP contribution in [0.2, 0.25) is 0 Å². The Morgan fingerprint density at radius 3 is 0.512 bits per heavy atom. The van der Waals surface area contributed by atoms with Crippen molar-refractivity contribution in [2.75, 3.05) is 55.5 Å². The Labute approximate surface area is 273 Å². The van der Waals surface area contributed by atoms with Crippen LogP contribution in [0.4, 0.5) is 0 Å². The zero-order valence-electron chi connectivity index (χ0n) is 30.3. The zero-order chi connectivity index (χ0) is 31.1. The summed E-state index contributed by atoms with van der Waals surface area (Å²) in [6, 6.07) is 0. The second-order valence-corrected chi connectivity index (χ2v) is 55.7. The Morgan fingerprint density at radius 2 is 0.415 bits per heavy atom. The van der Waals surface area contributed by atoms with E-state index in [4.69, 9.17) is 14.2 Å². The molecule has 0 spiro atoms. The van der Waals surface area contributed by atoms with E-state index in [0.29, 0.717) is 0 Å². The van der Waals surface area contributed by atoms with Gasteiger partial charge in [0.15, 0.2) is 0 Å². The van der Waals surface area contributed by atoms with Crippen LogP contribution in [0.3, 0.4) is 0 Å². The van der Waals surface area contributed by atoms with E-state index >= 15 is 0 Å². The standard InChI is InChI=1S/3C12H27P.BrH.Co/c3*1-4-7-10-13(11-8-5-2)12-9-6-3;;/h3*4-12H2,1-3H3;1H;/q;;;;-2/p+2. The molecule has 0 saturated heterocycles. The molecule has 0 aromatic heterocycles. The molecule has 0 saturated carbocycles. The predicted molar refractivity (Wildman–Crippen MR) is 212 cm³/mol. The molecule has 0 fully saturated rings. The third-order valence-electron chi connectivity index (χ3n) is 10.2. The van der Waals surface area contributed by atoms with Crippen molar-refractivity contribution >= 4 is 32.2 Å². The van der Waals surface area contributed by atoms with E-state index < -0.39 is 27.5 Å². The van der Waals surface area contributed by atoms with E-state index in [9.17, 15) is 0 Å². The second-order valence-electron chi connectivity index (χ2n) is 13.7. The van der Waals surface area contributed by atoms with Crippen LogP contribution in [0.5, 0.6) is 0 Å². The Morgan fingerprint density at radius 1 is 0.293 bits per heavy atom. The quantitative estimate of drug-likeness (QED) is 0.0642. The Balaban J connectivity index is 8.13. The SMILES string of the molecule is CCCC[PH](CCCC)(CCCC)[Co]([Br])([PH](CCCC)(CCCC)CCCC)[PH](CCCC)(CCCC)CCCC. The summed E-state index contributed by atoms with van der Waals surface area (Å²) in [5, 5.41) is 0. The summed E-state index contributed by atoms with van der Waals surface area (Å²) in [4.78, 5) is 0. The molecule has 0 radical (unpaired) electrons.